The molecule has 7 heavy (non-hydrogen) atoms. The molecule has 0 aliphatic rings. The molecule has 0 atom stereocenters. The molecule has 0 spiro atoms. The molecule has 0 radical (unpaired) electrons. The summed E-state index contributed by atoms with van der Waals surface area (Å²) >= 11 is 0. The van der Waals surface area contributed by atoms with Gasteiger partial charge in [0.25, 0.3) is 0 Å². The van der Waals surface area contributed by atoms with Crippen molar-refractivity contribution in [3.8, 4) is 0 Å². The van der Waals surface area contributed by atoms with Crippen LogP contribution in [0.5, 0.6) is 0 Å². The summed E-state index contributed by atoms with van der Waals surface area (Å²) in [5.74, 6) is 0. The molecule has 0 N–H and O–H groups in total. The molecule has 1 nitrogen and oxygen atoms in total. The van der Waals surface area contributed by atoms with Crippen molar-refractivity contribution in [2.75, 3.05) is 0 Å². The Morgan fingerprint density at radius 3 is 2.71 bits per heavy atom. The molecule has 0 aromatic heterocycles. The zero-order valence-electron chi connectivity index (χ0n) is 4.46. The van der Waals surface area contributed by atoms with E-state index in [1.807, 2.05) is 19.1 Å². The summed E-state index contributed by atoms with van der Waals surface area (Å²) < 4.78 is 0. The average molecular weight is 95.1 g/mol. The van der Waals surface area contributed by atoms with Crippen molar-refractivity contribution in [2.45, 2.75) is 6.92 Å². The highest BCUT2D eigenvalue weighted by Crippen LogP contribution is 1.66. The van der Waals surface area contributed by atoms with E-state index in [1.54, 1.807) is 6.21 Å². The fourth-order valence-corrected chi connectivity index (χ4v) is 0.197. The van der Waals surface area contributed by atoms with Gasteiger partial charge in [-0.05, 0) is 13.0 Å². The van der Waals surface area contributed by atoms with Gasteiger partial charge in [0, 0.05) is 12.4 Å². The van der Waals surface area contributed by atoms with Crippen LogP contribution >= 0.6 is 0 Å². The highest BCUT2D eigenvalue weighted by Gasteiger charge is 1.52. The molecule has 0 amide bonds. The molecule has 0 aliphatic heterocycles. The summed E-state index contributed by atoms with van der Waals surface area (Å²) in [6.45, 7) is 5.34. The minimum Gasteiger partial charge on any atom is -0.265 e. The molecule has 0 bridgehead atoms. The normalized spacial score (nSPS) is 11.0. The van der Waals surface area contributed by atoms with E-state index >= 15 is 0 Å². The SMILES string of the molecule is C=CN=C/C=C/C. The van der Waals surface area contributed by atoms with Gasteiger partial charge in [0.1, 0.15) is 0 Å². The number of allylic oxidation sites excluding steroid dienone is 2. The van der Waals surface area contributed by atoms with Gasteiger partial charge in [-0.2, -0.15) is 0 Å². The molecule has 38 valence electrons. The van der Waals surface area contributed by atoms with E-state index in [2.05, 4.69) is 11.6 Å². The second-order valence-electron chi connectivity index (χ2n) is 1.01. The van der Waals surface area contributed by atoms with Crippen LogP contribution in [0.2, 0.25) is 0 Å². The molecule has 0 aromatic rings. The van der Waals surface area contributed by atoms with Crippen LogP contribution in [0, 0.1) is 0 Å². The number of hydrogen-bond acceptors (Lipinski definition) is 1. The Balaban J connectivity index is 3.27. The molecule has 0 fully saturated rings. The molecule has 1 heteroatoms. The van der Waals surface area contributed by atoms with Crippen LogP contribution in [0.25, 0.3) is 0 Å². The maximum absolute atomic E-state index is 3.71. The predicted octanol–water partition coefficient (Wildman–Crippen LogP) is 1.78. The summed E-state index contributed by atoms with van der Waals surface area (Å²) in [5.41, 5.74) is 0. The molecular formula is C6H9N. The highest BCUT2D eigenvalue weighted by atomic mass is 14.6. The van der Waals surface area contributed by atoms with Gasteiger partial charge in [0.05, 0.1) is 0 Å². The van der Waals surface area contributed by atoms with E-state index in [4.69, 9.17) is 0 Å². The van der Waals surface area contributed by atoms with E-state index in [0.717, 1.165) is 0 Å². The lowest BCUT2D eigenvalue weighted by Crippen LogP contribution is -1.55. The summed E-state index contributed by atoms with van der Waals surface area (Å²) in [6, 6.07) is 0. The first-order chi connectivity index (χ1) is 3.41. The van der Waals surface area contributed by atoms with E-state index in [-0.39, 0.29) is 0 Å². The van der Waals surface area contributed by atoms with Gasteiger partial charge in [-0.15, -0.1) is 0 Å². The van der Waals surface area contributed by atoms with Crippen molar-refractivity contribution in [3.05, 3.63) is 24.9 Å². The van der Waals surface area contributed by atoms with Crippen LogP contribution in [0.15, 0.2) is 29.9 Å². The first kappa shape index (κ1) is 6.15. The van der Waals surface area contributed by atoms with Crippen LogP contribution in [-0.2, 0) is 0 Å². The van der Waals surface area contributed by atoms with E-state index < -0.39 is 0 Å². The van der Waals surface area contributed by atoms with Crippen molar-refractivity contribution in [1.29, 1.82) is 0 Å². The van der Waals surface area contributed by atoms with Gasteiger partial charge < -0.3 is 0 Å². The number of hydrogen-bond donors (Lipinski definition) is 0. The molecule has 0 heterocycles. The number of aliphatic imine (C=N–C) groups is 1. The first-order valence-corrected chi connectivity index (χ1v) is 2.17. The Hall–Kier alpha value is -0.850. The zero-order chi connectivity index (χ0) is 5.54. The van der Waals surface area contributed by atoms with Crippen molar-refractivity contribution in [3.63, 3.8) is 0 Å². The summed E-state index contributed by atoms with van der Waals surface area (Å²) in [4.78, 5) is 3.71. The molecule has 0 saturated heterocycles. The van der Waals surface area contributed by atoms with Crippen molar-refractivity contribution >= 4 is 6.21 Å². The second kappa shape index (κ2) is 5.15. The molecule has 0 saturated carbocycles. The van der Waals surface area contributed by atoms with Gasteiger partial charge in [-0.3, -0.25) is 4.99 Å². The van der Waals surface area contributed by atoms with E-state index in [9.17, 15) is 0 Å². The number of rotatable bonds is 2. The summed E-state index contributed by atoms with van der Waals surface area (Å²) in [5, 5.41) is 0. The van der Waals surface area contributed by atoms with E-state index in [0.29, 0.717) is 0 Å². The Morgan fingerprint density at radius 2 is 2.29 bits per heavy atom. The predicted molar refractivity (Wildman–Crippen MR) is 33.5 cm³/mol. The molecule has 0 aromatic carbocycles. The van der Waals surface area contributed by atoms with Crippen molar-refractivity contribution in [1.82, 2.24) is 0 Å². The van der Waals surface area contributed by atoms with Gasteiger partial charge >= 0.3 is 0 Å². The third-order valence-corrected chi connectivity index (χ3v) is 0.470. The summed E-state index contributed by atoms with van der Waals surface area (Å²) in [6.07, 6.45) is 6.95. The summed E-state index contributed by atoms with van der Waals surface area (Å²) in [7, 11) is 0. The van der Waals surface area contributed by atoms with Crippen LogP contribution in [0.1, 0.15) is 6.92 Å². The third kappa shape index (κ3) is 5.15. The maximum atomic E-state index is 3.71. The lowest BCUT2D eigenvalue weighted by atomic mass is 10.6. The largest absolute Gasteiger partial charge is 0.265 e. The van der Waals surface area contributed by atoms with Crippen LogP contribution in [-0.4, -0.2) is 6.21 Å². The van der Waals surface area contributed by atoms with Crippen LogP contribution < -0.4 is 0 Å². The smallest absolute Gasteiger partial charge is 0.0264 e. The van der Waals surface area contributed by atoms with Crippen LogP contribution in [0.3, 0.4) is 0 Å². The second-order valence-corrected chi connectivity index (χ2v) is 1.01. The van der Waals surface area contributed by atoms with Gasteiger partial charge in [-0.25, -0.2) is 0 Å². The van der Waals surface area contributed by atoms with Crippen molar-refractivity contribution < 1.29 is 0 Å². The molecule has 0 aliphatic carbocycles. The Labute approximate surface area is 44.1 Å². The minimum absolute atomic E-state index is 1.50. The Bertz CT molecular complexity index is 90.4. The quantitative estimate of drug-likeness (QED) is 0.463. The van der Waals surface area contributed by atoms with Gasteiger partial charge in [0.15, 0.2) is 0 Å². The fourth-order valence-electron chi connectivity index (χ4n) is 0.197. The number of nitrogens with zero attached hydrogens (tertiary/aromatic N) is 1. The van der Waals surface area contributed by atoms with Gasteiger partial charge in [0.2, 0.25) is 0 Å². The molecule has 0 unspecified atom stereocenters. The average Bonchev–Trinajstić information content (AvgIpc) is 1.69. The third-order valence-electron chi connectivity index (χ3n) is 0.470. The van der Waals surface area contributed by atoms with Gasteiger partial charge in [-0.1, -0.05) is 12.7 Å². The lowest BCUT2D eigenvalue weighted by molar-refractivity contribution is 1.62. The molecular weight excluding hydrogens is 86.1 g/mol. The maximum Gasteiger partial charge on any atom is 0.0264 e. The monoisotopic (exact) mass is 95.1 g/mol. The molecule has 0 rings (SSSR count). The van der Waals surface area contributed by atoms with Crippen LogP contribution in [0.4, 0.5) is 0 Å². The fraction of sp³-hybridized carbons (Fsp3) is 0.167. The standard InChI is InChI=1S/C6H9N/c1-3-5-6-7-4-2/h3-6H,2H2,1H3/b5-3+,7-6?. The Morgan fingerprint density at radius 1 is 1.57 bits per heavy atom. The van der Waals surface area contributed by atoms with Crippen molar-refractivity contribution in [2.24, 2.45) is 4.99 Å². The lowest BCUT2D eigenvalue weighted by Gasteiger charge is -1.66. The first-order valence-electron chi connectivity index (χ1n) is 2.17. The minimum atomic E-state index is 1.50. The van der Waals surface area contributed by atoms with E-state index in [1.165, 1.54) is 6.20 Å². The topological polar surface area (TPSA) is 12.4 Å². The highest BCUT2D eigenvalue weighted by molar-refractivity contribution is 5.71. The zero-order valence-corrected chi connectivity index (χ0v) is 4.46. The Kier molecular flexibility index (Phi) is 4.52.